The van der Waals surface area contributed by atoms with Crippen molar-refractivity contribution in [3.63, 3.8) is 0 Å². The van der Waals surface area contributed by atoms with Crippen molar-refractivity contribution < 1.29 is 24.3 Å². The summed E-state index contributed by atoms with van der Waals surface area (Å²) < 4.78 is 0. The highest BCUT2D eigenvalue weighted by molar-refractivity contribution is 6.24. The van der Waals surface area contributed by atoms with Gasteiger partial charge in [-0.1, -0.05) is 50.2 Å². The van der Waals surface area contributed by atoms with Gasteiger partial charge in [-0.05, 0) is 24.0 Å². The highest BCUT2D eigenvalue weighted by Gasteiger charge is 2.31. The van der Waals surface area contributed by atoms with Gasteiger partial charge in [0.2, 0.25) is 5.91 Å². The van der Waals surface area contributed by atoms with Gasteiger partial charge in [0.1, 0.15) is 6.04 Å². The Morgan fingerprint density at radius 1 is 0.966 bits per heavy atom. The lowest BCUT2D eigenvalue weighted by Gasteiger charge is -2.21. The number of hydrogen-bond donors (Lipinski definition) is 2. The maximum Gasteiger partial charge on any atom is 0.252 e. The molecular weight excluding hydrogens is 372 g/mol. The van der Waals surface area contributed by atoms with Gasteiger partial charge in [-0.2, -0.15) is 0 Å². The SMILES string of the molecule is CC(C)C[C@H](NC(=O)c1cccc2c1-c1ccccc1C2=O)C(=O)NCC(=O)[O-]. The van der Waals surface area contributed by atoms with E-state index in [4.69, 9.17) is 0 Å². The number of carboxylic acids is 1. The Labute approximate surface area is 168 Å². The van der Waals surface area contributed by atoms with Crippen molar-refractivity contribution in [2.45, 2.75) is 26.3 Å². The molecule has 0 heterocycles. The predicted octanol–water partition coefficient (Wildman–Crippen LogP) is 0.909. The normalized spacial score (nSPS) is 12.9. The van der Waals surface area contributed by atoms with E-state index >= 15 is 0 Å². The van der Waals surface area contributed by atoms with Gasteiger partial charge in [0.05, 0.1) is 12.5 Å². The Bertz CT molecular complexity index is 996. The second kappa shape index (κ2) is 8.26. The van der Waals surface area contributed by atoms with Crippen LogP contribution >= 0.6 is 0 Å². The largest absolute Gasteiger partial charge is 0.548 e. The molecule has 0 bridgehead atoms. The number of carbonyl (C=O) groups is 4. The quantitative estimate of drug-likeness (QED) is 0.619. The maximum atomic E-state index is 13.0. The number of carbonyl (C=O) groups excluding carboxylic acids is 4. The molecule has 2 N–H and O–H groups in total. The topological polar surface area (TPSA) is 115 Å². The monoisotopic (exact) mass is 393 g/mol. The molecule has 2 amide bonds. The average molecular weight is 393 g/mol. The number of benzene rings is 2. The smallest absolute Gasteiger partial charge is 0.252 e. The summed E-state index contributed by atoms with van der Waals surface area (Å²) in [5.74, 6) is -2.57. The van der Waals surface area contributed by atoms with E-state index in [9.17, 15) is 24.3 Å². The third-order valence-electron chi connectivity index (χ3n) is 4.73. The van der Waals surface area contributed by atoms with Gasteiger partial charge in [-0.3, -0.25) is 14.4 Å². The lowest BCUT2D eigenvalue weighted by atomic mass is 9.97. The van der Waals surface area contributed by atoms with Gasteiger partial charge in [-0.15, -0.1) is 0 Å². The molecule has 0 fully saturated rings. The molecule has 1 aliphatic carbocycles. The Kier molecular flexibility index (Phi) is 5.77. The third-order valence-corrected chi connectivity index (χ3v) is 4.73. The lowest BCUT2D eigenvalue weighted by molar-refractivity contribution is -0.304. The molecule has 0 saturated heterocycles. The fraction of sp³-hybridized carbons (Fsp3) is 0.273. The van der Waals surface area contributed by atoms with E-state index < -0.39 is 30.4 Å². The van der Waals surface area contributed by atoms with Crippen LogP contribution in [0.25, 0.3) is 11.1 Å². The number of rotatable bonds is 7. The fourth-order valence-electron chi connectivity index (χ4n) is 3.49. The summed E-state index contributed by atoms with van der Waals surface area (Å²) in [4.78, 5) is 48.6. The number of carboxylic acid groups (broad SMARTS) is 1. The molecule has 1 atom stereocenters. The van der Waals surface area contributed by atoms with Crippen molar-refractivity contribution >= 4 is 23.6 Å². The van der Waals surface area contributed by atoms with Crippen molar-refractivity contribution in [2.75, 3.05) is 6.54 Å². The van der Waals surface area contributed by atoms with Crippen LogP contribution in [0.1, 0.15) is 46.5 Å². The lowest BCUT2D eigenvalue weighted by Crippen LogP contribution is -2.50. The Morgan fingerprint density at radius 3 is 2.28 bits per heavy atom. The zero-order valence-corrected chi connectivity index (χ0v) is 16.2. The van der Waals surface area contributed by atoms with Crippen LogP contribution in [0.2, 0.25) is 0 Å². The molecule has 2 aromatic carbocycles. The number of aliphatic carboxylic acids is 1. The minimum Gasteiger partial charge on any atom is -0.548 e. The minimum absolute atomic E-state index is 0.0813. The third kappa shape index (κ3) is 4.18. The molecule has 3 rings (SSSR count). The number of amides is 2. The van der Waals surface area contributed by atoms with Crippen molar-refractivity contribution in [1.82, 2.24) is 10.6 Å². The zero-order chi connectivity index (χ0) is 21.1. The molecule has 7 heteroatoms. The van der Waals surface area contributed by atoms with Gasteiger partial charge < -0.3 is 20.5 Å². The standard InChI is InChI=1S/C22H22N2O5/c1-12(2)10-17(22(29)23-11-18(25)26)24-21(28)16-9-5-8-15-19(16)13-6-3-4-7-14(13)20(15)27/h3-9,12,17H,10-11H2,1-2H3,(H,23,29)(H,24,28)(H,25,26)/p-1/t17-/m0/s1. The number of nitrogens with one attached hydrogen (secondary N) is 2. The molecule has 0 aromatic heterocycles. The summed E-state index contributed by atoms with van der Waals surface area (Å²) in [5.41, 5.74) is 2.50. The molecule has 1 aliphatic rings. The van der Waals surface area contributed by atoms with Crippen LogP contribution < -0.4 is 15.7 Å². The first-order valence-corrected chi connectivity index (χ1v) is 9.35. The van der Waals surface area contributed by atoms with Gasteiger partial charge in [0.25, 0.3) is 5.91 Å². The van der Waals surface area contributed by atoms with Crippen LogP contribution in [-0.2, 0) is 9.59 Å². The van der Waals surface area contributed by atoms with Gasteiger partial charge in [-0.25, -0.2) is 0 Å². The van der Waals surface area contributed by atoms with Crippen molar-refractivity contribution in [1.29, 1.82) is 0 Å². The molecule has 0 unspecified atom stereocenters. The molecule has 7 nitrogen and oxygen atoms in total. The predicted molar refractivity (Wildman–Crippen MR) is 104 cm³/mol. The van der Waals surface area contributed by atoms with Crippen LogP contribution in [-0.4, -0.2) is 36.2 Å². The van der Waals surface area contributed by atoms with E-state index in [0.29, 0.717) is 34.2 Å². The van der Waals surface area contributed by atoms with Crippen LogP contribution in [0.4, 0.5) is 0 Å². The van der Waals surface area contributed by atoms with Crippen LogP contribution in [0.3, 0.4) is 0 Å². The van der Waals surface area contributed by atoms with E-state index in [1.54, 1.807) is 42.5 Å². The summed E-state index contributed by atoms with van der Waals surface area (Å²) in [7, 11) is 0. The van der Waals surface area contributed by atoms with E-state index in [1.807, 2.05) is 13.8 Å². The maximum absolute atomic E-state index is 13.0. The second-order valence-electron chi connectivity index (χ2n) is 7.35. The molecule has 0 radical (unpaired) electrons. The highest BCUT2D eigenvalue weighted by atomic mass is 16.4. The second-order valence-corrected chi connectivity index (χ2v) is 7.35. The van der Waals surface area contributed by atoms with Gasteiger partial charge in [0, 0.05) is 22.3 Å². The average Bonchev–Trinajstić information content (AvgIpc) is 2.98. The Hall–Kier alpha value is -3.48. The molecule has 0 spiro atoms. The number of ketones is 1. The fourth-order valence-corrected chi connectivity index (χ4v) is 3.49. The van der Waals surface area contributed by atoms with Gasteiger partial charge >= 0.3 is 0 Å². The molecule has 150 valence electrons. The first kappa shape index (κ1) is 20.3. The Balaban J connectivity index is 1.90. The first-order chi connectivity index (χ1) is 13.8. The molecule has 0 saturated carbocycles. The molecule has 29 heavy (non-hydrogen) atoms. The minimum atomic E-state index is -1.41. The molecule has 0 aliphatic heterocycles. The molecule has 2 aromatic rings. The highest BCUT2D eigenvalue weighted by Crippen LogP contribution is 2.38. The van der Waals surface area contributed by atoms with Crippen molar-refractivity contribution in [2.24, 2.45) is 5.92 Å². The summed E-state index contributed by atoms with van der Waals surface area (Å²) >= 11 is 0. The van der Waals surface area contributed by atoms with Crippen LogP contribution in [0.5, 0.6) is 0 Å². The summed E-state index contributed by atoms with van der Waals surface area (Å²) in [6.07, 6.45) is 0.329. The van der Waals surface area contributed by atoms with E-state index in [1.165, 1.54) is 0 Å². The van der Waals surface area contributed by atoms with Crippen LogP contribution in [0, 0.1) is 5.92 Å². The van der Waals surface area contributed by atoms with Crippen LogP contribution in [0.15, 0.2) is 42.5 Å². The summed E-state index contributed by atoms with van der Waals surface area (Å²) in [6, 6.07) is 11.1. The first-order valence-electron chi connectivity index (χ1n) is 9.35. The Morgan fingerprint density at radius 2 is 1.62 bits per heavy atom. The summed E-state index contributed by atoms with van der Waals surface area (Å²) in [5, 5.41) is 15.6. The number of hydrogen-bond acceptors (Lipinski definition) is 5. The van der Waals surface area contributed by atoms with E-state index in [2.05, 4.69) is 10.6 Å². The zero-order valence-electron chi connectivity index (χ0n) is 16.2. The molecular formula is C22H21N2O5-. The van der Waals surface area contributed by atoms with E-state index in [-0.39, 0.29) is 11.7 Å². The van der Waals surface area contributed by atoms with Crippen molar-refractivity contribution in [3.05, 3.63) is 59.2 Å². The summed E-state index contributed by atoms with van der Waals surface area (Å²) in [6.45, 7) is 3.15. The van der Waals surface area contributed by atoms with E-state index in [0.717, 1.165) is 0 Å². The van der Waals surface area contributed by atoms with Gasteiger partial charge in [0.15, 0.2) is 5.78 Å². The number of fused-ring (bicyclic) bond motifs is 3. The van der Waals surface area contributed by atoms with Crippen molar-refractivity contribution in [3.8, 4) is 11.1 Å².